The van der Waals surface area contributed by atoms with E-state index in [1.165, 1.54) is 6.07 Å². The Bertz CT molecular complexity index is 744. The molecule has 0 amide bonds. The Morgan fingerprint density at radius 1 is 1.14 bits per heavy atom. The normalized spacial score (nSPS) is 11.6. The van der Waals surface area contributed by atoms with E-state index in [1.54, 1.807) is 43.3 Å². The first-order valence-electron chi connectivity index (χ1n) is 6.37. The minimum absolute atomic E-state index is 0.0754. The van der Waals surface area contributed by atoms with E-state index in [0.717, 1.165) is 11.1 Å². The molecule has 0 spiro atoms. The third-order valence-electron chi connectivity index (χ3n) is 3.15. The van der Waals surface area contributed by atoms with Crippen LogP contribution in [-0.4, -0.2) is 13.5 Å². The molecular formula is C15H16ClNO3S. The maximum atomic E-state index is 12.3. The number of nitrogens with one attached hydrogen (secondary N) is 1. The molecule has 112 valence electrons. The molecule has 0 aliphatic rings. The number of halogens is 1. The number of aliphatic hydroxyl groups excluding tert-OH is 1. The lowest BCUT2D eigenvalue weighted by Gasteiger charge is -2.10. The van der Waals surface area contributed by atoms with Crippen LogP contribution in [0.3, 0.4) is 0 Å². The molecule has 2 aromatic rings. The van der Waals surface area contributed by atoms with Crippen LogP contribution in [0.1, 0.15) is 16.7 Å². The largest absolute Gasteiger partial charge is 0.392 e. The average Bonchev–Trinajstić information content (AvgIpc) is 2.48. The van der Waals surface area contributed by atoms with Crippen molar-refractivity contribution in [3.8, 4) is 0 Å². The number of sulfonamides is 1. The summed E-state index contributed by atoms with van der Waals surface area (Å²) in [7, 11) is -3.63. The predicted octanol–water partition coefficient (Wildman–Crippen LogP) is 2.62. The van der Waals surface area contributed by atoms with E-state index in [1.807, 2.05) is 0 Å². The van der Waals surface area contributed by atoms with Gasteiger partial charge in [-0.25, -0.2) is 13.1 Å². The monoisotopic (exact) mass is 325 g/mol. The highest BCUT2D eigenvalue weighted by molar-refractivity contribution is 7.89. The fourth-order valence-electron chi connectivity index (χ4n) is 1.97. The number of rotatable bonds is 5. The molecule has 0 unspecified atom stereocenters. The van der Waals surface area contributed by atoms with Crippen molar-refractivity contribution in [1.29, 1.82) is 0 Å². The number of hydrogen-bond donors (Lipinski definition) is 2. The second kappa shape index (κ2) is 6.58. The summed E-state index contributed by atoms with van der Waals surface area (Å²) in [5.41, 5.74) is 2.05. The van der Waals surface area contributed by atoms with Gasteiger partial charge in [-0.3, -0.25) is 0 Å². The van der Waals surface area contributed by atoms with Gasteiger partial charge in [-0.15, -0.1) is 0 Å². The SMILES string of the molecule is Cc1c(Cl)cccc1S(=O)(=O)NCc1cccc(CO)c1. The Kier molecular flexibility index (Phi) is 5.00. The zero-order valence-electron chi connectivity index (χ0n) is 11.5. The molecular weight excluding hydrogens is 310 g/mol. The highest BCUT2D eigenvalue weighted by Gasteiger charge is 2.17. The standard InChI is InChI=1S/C15H16ClNO3S/c1-11-14(16)6-3-7-15(11)21(19,20)17-9-12-4-2-5-13(8-12)10-18/h2-8,17-18H,9-10H2,1H3. The Balaban J connectivity index is 2.20. The van der Waals surface area contributed by atoms with Crippen molar-refractivity contribution < 1.29 is 13.5 Å². The molecule has 0 radical (unpaired) electrons. The second-order valence-electron chi connectivity index (χ2n) is 4.67. The molecule has 0 saturated carbocycles. The van der Waals surface area contributed by atoms with Gasteiger partial charge in [0, 0.05) is 11.6 Å². The molecule has 0 aliphatic carbocycles. The fraction of sp³-hybridized carbons (Fsp3) is 0.200. The van der Waals surface area contributed by atoms with Gasteiger partial charge in [0.25, 0.3) is 0 Å². The third kappa shape index (κ3) is 3.83. The Morgan fingerprint density at radius 2 is 1.81 bits per heavy atom. The van der Waals surface area contributed by atoms with Crippen molar-refractivity contribution in [2.45, 2.75) is 25.0 Å². The van der Waals surface area contributed by atoms with Gasteiger partial charge in [-0.1, -0.05) is 41.9 Å². The van der Waals surface area contributed by atoms with E-state index in [4.69, 9.17) is 16.7 Å². The lowest BCUT2D eigenvalue weighted by molar-refractivity contribution is 0.281. The van der Waals surface area contributed by atoms with Gasteiger partial charge in [0.1, 0.15) is 0 Å². The smallest absolute Gasteiger partial charge is 0.241 e. The summed E-state index contributed by atoms with van der Waals surface area (Å²) in [6.07, 6.45) is 0. The molecule has 2 aromatic carbocycles. The van der Waals surface area contributed by atoms with Crippen LogP contribution in [0.5, 0.6) is 0 Å². The van der Waals surface area contributed by atoms with Gasteiger partial charge in [0.15, 0.2) is 0 Å². The highest BCUT2D eigenvalue weighted by atomic mass is 35.5. The molecule has 0 saturated heterocycles. The lowest BCUT2D eigenvalue weighted by atomic mass is 10.1. The summed E-state index contributed by atoms with van der Waals surface area (Å²) < 4.78 is 27.2. The molecule has 21 heavy (non-hydrogen) atoms. The first kappa shape index (κ1) is 16.0. The van der Waals surface area contributed by atoms with Crippen molar-refractivity contribution >= 4 is 21.6 Å². The number of aliphatic hydroxyl groups is 1. The van der Waals surface area contributed by atoms with Crippen LogP contribution in [0.25, 0.3) is 0 Å². The van der Waals surface area contributed by atoms with Crippen LogP contribution in [-0.2, 0) is 23.2 Å². The molecule has 2 N–H and O–H groups in total. The van der Waals surface area contributed by atoms with Crippen LogP contribution in [0.15, 0.2) is 47.4 Å². The number of hydrogen-bond acceptors (Lipinski definition) is 3. The summed E-state index contributed by atoms with van der Waals surface area (Å²) in [6, 6.07) is 11.9. The molecule has 6 heteroatoms. The molecule has 4 nitrogen and oxygen atoms in total. The van der Waals surface area contributed by atoms with Crippen LogP contribution < -0.4 is 4.72 Å². The summed E-state index contributed by atoms with van der Waals surface area (Å²) in [4.78, 5) is 0.174. The zero-order chi connectivity index (χ0) is 15.5. The van der Waals surface area contributed by atoms with Crippen LogP contribution in [0, 0.1) is 6.92 Å². The van der Waals surface area contributed by atoms with Crippen LogP contribution in [0.2, 0.25) is 5.02 Å². The average molecular weight is 326 g/mol. The molecule has 0 heterocycles. The van der Waals surface area contributed by atoms with Gasteiger partial charge in [-0.05, 0) is 35.7 Å². The van der Waals surface area contributed by atoms with Crippen molar-refractivity contribution in [2.75, 3.05) is 0 Å². The van der Waals surface area contributed by atoms with Gasteiger partial charge < -0.3 is 5.11 Å². The summed E-state index contributed by atoms with van der Waals surface area (Å²) in [5.74, 6) is 0. The van der Waals surface area contributed by atoms with E-state index < -0.39 is 10.0 Å². The molecule has 0 aliphatic heterocycles. The van der Waals surface area contributed by atoms with Crippen molar-refractivity contribution in [1.82, 2.24) is 4.72 Å². The van der Waals surface area contributed by atoms with Gasteiger partial charge >= 0.3 is 0 Å². The van der Waals surface area contributed by atoms with E-state index in [-0.39, 0.29) is 18.0 Å². The van der Waals surface area contributed by atoms with Gasteiger partial charge in [0.05, 0.1) is 11.5 Å². The minimum Gasteiger partial charge on any atom is -0.392 e. The van der Waals surface area contributed by atoms with E-state index >= 15 is 0 Å². The lowest BCUT2D eigenvalue weighted by Crippen LogP contribution is -2.24. The van der Waals surface area contributed by atoms with Gasteiger partial charge in [-0.2, -0.15) is 0 Å². The van der Waals surface area contributed by atoms with Gasteiger partial charge in [0.2, 0.25) is 10.0 Å². The molecule has 0 aromatic heterocycles. The maximum Gasteiger partial charge on any atom is 0.241 e. The topological polar surface area (TPSA) is 66.4 Å². The van der Waals surface area contributed by atoms with Crippen molar-refractivity contribution in [3.63, 3.8) is 0 Å². The summed E-state index contributed by atoms with van der Waals surface area (Å²) >= 11 is 5.96. The van der Waals surface area contributed by atoms with Crippen molar-refractivity contribution in [2.24, 2.45) is 0 Å². The number of benzene rings is 2. The molecule has 0 atom stereocenters. The third-order valence-corrected chi connectivity index (χ3v) is 5.10. The first-order valence-corrected chi connectivity index (χ1v) is 8.23. The second-order valence-corrected chi connectivity index (χ2v) is 6.81. The molecule has 0 fully saturated rings. The Hall–Kier alpha value is -1.40. The maximum absolute atomic E-state index is 12.3. The zero-order valence-corrected chi connectivity index (χ0v) is 13.1. The fourth-order valence-corrected chi connectivity index (χ4v) is 3.49. The predicted molar refractivity (Wildman–Crippen MR) is 82.6 cm³/mol. The highest BCUT2D eigenvalue weighted by Crippen LogP contribution is 2.22. The quantitative estimate of drug-likeness (QED) is 0.888. The molecule has 2 rings (SSSR count). The van der Waals surface area contributed by atoms with E-state index in [0.29, 0.717) is 10.6 Å². The van der Waals surface area contributed by atoms with Crippen LogP contribution in [0.4, 0.5) is 0 Å². The van der Waals surface area contributed by atoms with E-state index in [9.17, 15) is 8.42 Å². The van der Waals surface area contributed by atoms with Crippen molar-refractivity contribution in [3.05, 3.63) is 64.2 Å². The first-order chi connectivity index (χ1) is 9.94. The summed E-state index contributed by atoms with van der Waals surface area (Å²) in [5, 5.41) is 9.50. The van der Waals surface area contributed by atoms with Crippen LogP contribution >= 0.6 is 11.6 Å². The minimum atomic E-state index is -3.63. The molecule has 0 bridgehead atoms. The van der Waals surface area contributed by atoms with E-state index in [2.05, 4.69) is 4.72 Å². The Morgan fingerprint density at radius 3 is 2.52 bits per heavy atom. The summed E-state index contributed by atoms with van der Waals surface area (Å²) in [6.45, 7) is 1.75. The Labute approximate surface area is 129 Å².